The SMILES string of the molecule is CC(C)[C@@H](C(=O)O)N1Cc2c(cc(O)c3c2O[C@]2(C3)[C@H](C)CC[C@H]3C(C)(C)[C@H](O)[C@H](O)C[C@@]32C)C1=O. The first-order chi connectivity index (χ1) is 16.7. The number of aliphatic hydroxyl groups excluding tert-OH is 2. The number of hydrogen-bond acceptors (Lipinski definition) is 6. The van der Waals surface area contributed by atoms with Crippen LogP contribution in [0.4, 0.5) is 0 Å². The Labute approximate surface area is 212 Å². The minimum Gasteiger partial charge on any atom is -0.508 e. The van der Waals surface area contributed by atoms with Gasteiger partial charge >= 0.3 is 5.97 Å². The minimum atomic E-state index is -1.06. The van der Waals surface area contributed by atoms with Gasteiger partial charge in [-0.05, 0) is 48.5 Å². The van der Waals surface area contributed by atoms with Crippen molar-refractivity contribution in [3.63, 3.8) is 0 Å². The number of aliphatic carboxylic acids is 1. The van der Waals surface area contributed by atoms with Gasteiger partial charge in [-0.25, -0.2) is 4.79 Å². The van der Waals surface area contributed by atoms with E-state index in [1.54, 1.807) is 13.8 Å². The zero-order chi connectivity index (χ0) is 26.5. The quantitative estimate of drug-likeness (QED) is 0.500. The molecule has 0 saturated heterocycles. The third-order valence-electron chi connectivity index (χ3n) is 10.3. The van der Waals surface area contributed by atoms with E-state index in [0.29, 0.717) is 35.3 Å². The van der Waals surface area contributed by atoms with E-state index in [1.807, 2.05) is 13.8 Å². The topological polar surface area (TPSA) is 128 Å². The molecule has 8 nitrogen and oxygen atoms in total. The van der Waals surface area contributed by atoms with Gasteiger partial charge in [0.25, 0.3) is 5.91 Å². The zero-order valence-electron chi connectivity index (χ0n) is 22.0. The minimum absolute atomic E-state index is 0.0131. The Kier molecular flexibility index (Phi) is 5.52. The van der Waals surface area contributed by atoms with E-state index in [0.717, 1.165) is 12.8 Å². The Morgan fingerprint density at radius 2 is 1.83 bits per heavy atom. The molecule has 2 heterocycles. The highest BCUT2D eigenvalue weighted by molar-refractivity contribution is 6.02. The third kappa shape index (κ3) is 3.06. The Morgan fingerprint density at radius 3 is 2.44 bits per heavy atom. The van der Waals surface area contributed by atoms with E-state index in [4.69, 9.17) is 4.74 Å². The summed E-state index contributed by atoms with van der Waals surface area (Å²) in [5, 5.41) is 42.7. The summed E-state index contributed by atoms with van der Waals surface area (Å²) in [7, 11) is 0. The first-order valence-corrected chi connectivity index (χ1v) is 13.1. The number of amides is 1. The third-order valence-corrected chi connectivity index (χ3v) is 10.3. The smallest absolute Gasteiger partial charge is 0.326 e. The van der Waals surface area contributed by atoms with E-state index in [9.17, 15) is 30.0 Å². The summed E-state index contributed by atoms with van der Waals surface area (Å²) >= 11 is 0. The maximum absolute atomic E-state index is 13.3. The summed E-state index contributed by atoms with van der Waals surface area (Å²) in [6, 6.07) is 0.485. The van der Waals surface area contributed by atoms with E-state index in [2.05, 4.69) is 13.8 Å². The van der Waals surface area contributed by atoms with Crippen LogP contribution in [0.2, 0.25) is 0 Å². The van der Waals surface area contributed by atoms with Gasteiger partial charge in [-0.15, -0.1) is 0 Å². The van der Waals surface area contributed by atoms with Crippen LogP contribution in [-0.2, 0) is 17.8 Å². The second-order valence-corrected chi connectivity index (χ2v) is 12.8. The normalized spacial score (nSPS) is 37.5. The van der Waals surface area contributed by atoms with Crippen molar-refractivity contribution in [1.29, 1.82) is 0 Å². The highest BCUT2D eigenvalue weighted by Crippen LogP contribution is 2.67. The van der Waals surface area contributed by atoms with Gasteiger partial charge in [0, 0.05) is 23.0 Å². The molecule has 36 heavy (non-hydrogen) atoms. The lowest BCUT2D eigenvalue weighted by molar-refractivity contribution is -0.240. The molecule has 2 aliphatic heterocycles. The van der Waals surface area contributed by atoms with E-state index < -0.39 is 46.6 Å². The van der Waals surface area contributed by atoms with Crippen molar-refractivity contribution in [3.05, 3.63) is 22.8 Å². The Bertz CT molecular complexity index is 1130. The van der Waals surface area contributed by atoms with Crippen molar-refractivity contribution in [2.24, 2.45) is 28.6 Å². The van der Waals surface area contributed by atoms with Gasteiger partial charge in [0.1, 0.15) is 23.1 Å². The number of nitrogens with zero attached hydrogens (tertiary/aromatic N) is 1. The number of carbonyl (C=O) groups is 2. The van der Waals surface area contributed by atoms with Crippen molar-refractivity contribution < 1.29 is 34.8 Å². The standard InChI is InChI=1S/C28H39NO7/c1-13(2)21(25(34)35)29-12-17-15(24(29)33)9-18(30)16-10-28(36-22(16)17)14(3)7-8-20-26(4,5)23(32)19(31)11-27(20,28)6/h9,13-14,19-21,23,30-32H,7-8,10-12H2,1-6H3,(H,34,35)/t14-,19-,20+,21+,23-,27+,28-/m1/s1. The van der Waals surface area contributed by atoms with Crippen LogP contribution in [0.15, 0.2) is 6.07 Å². The molecule has 0 bridgehead atoms. The Balaban J connectivity index is 1.61. The van der Waals surface area contributed by atoms with Crippen LogP contribution < -0.4 is 4.74 Å². The fourth-order valence-electron chi connectivity index (χ4n) is 8.43. The van der Waals surface area contributed by atoms with Crippen molar-refractivity contribution in [3.8, 4) is 11.5 Å². The molecule has 5 rings (SSSR count). The molecule has 0 unspecified atom stereocenters. The van der Waals surface area contributed by atoms with Crippen LogP contribution in [0.3, 0.4) is 0 Å². The second kappa shape index (κ2) is 7.84. The maximum Gasteiger partial charge on any atom is 0.326 e. The van der Waals surface area contributed by atoms with Gasteiger partial charge in [-0.2, -0.15) is 0 Å². The number of benzene rings is 1. The number of hydrogen-bond donors (Lipinski definition) is 4. The predicted molar refractivity (Wildman–Crippen MR) is 132 cm³/mol. The number of phenols is 1. The molecule has 8 heteroatoms. The largest absolute Gasteiger partial charge is 0.508 e. The number of carboxylic acid groups (broad SMARTS) is 1. The van der Waals surface area contributed by atoms with Gasteiger partial charge in [0.15, 0.2) is 0 Å². The lowest BCUT2D eigenvalue weighted by Gasteiger charge is -2.64. The number of rotatable bonds is 3. The Hall–Kier alpha value is -2.32. The van der Waals surface area contributed by atoms with Crippen molar-refractivity contribution >= 4 is 11.9 Å². The molecule has 7 atom stereocenters. The molecular formula is C28H39NO7. The lowest BCUT2D eigenvalue weighted by Crippen LogP contribution is -2.69. The molecule has 1 spiro atoms. The molecule has 2 aliphatic carbocycles. The molecule has 2 fully saturated rings. The monoisotopic (exact) mass is 501 g/mol. The molecule has 1 aromatic rings. The van der Waals surface area contributed by atoms with E-state index in [1.165, 1.54) is 11.0 Å². The number of phenolic OH excluding ortho intramolecular Hbond substituents is 1. The van der Waals surface area contributed by atoms with E-state index in [-0.39, 0.29) is 30.0 Å². The number of carboxylic acids is 1. The maximum atomic E-state index is 13.3. The van der Waals surface area contributed by atoms with Crippen LogP contribution in [0.1, 0.15) is 82.3 Å². The number of carbonyl (C=O) groups excluding carboxylic acids is 1. The number of aromatic hydroxyl groups is 1. The number of ether oxygens (including phenoxy) is 1. The van der Waals surface area contributed by atoms with Gasteiger partial charge in [-0.1, -0.05) is 41.5 Å². The first kappa shape index (κ1) is 25.3. The van der Waals surface area contributed by atoms with Crippen LogP contribution >= 0.6 is 0 Å². The summed E-state index contributed by atoms with van der Waals surface area (Å²) in [5.41, 5.74) is -0.184. The van der Waals surface area contributed by atoms with Gasteiger partial charge in [-0.3, -0.25) is 4.79 Å². The molecule has 4 aliphatic rings. The molecule has 1 aromatic carbocycles. The molecular weight excluding hydrogens is 462 g/mol. The fraction of sp³-hybridized carbons (Fsp3) is 0.714. The molecule has 2 saturated carbocycles. The highest BCUT2D eigenvalue weighted by atomic mass is 16.5. The molecule has 198 valence electrons. The average molecular weight is 502 g/mol. The Morgan fingerprint density at radius 1 is 1.17 bits per heavy atom. The van der Waals surface area contributed by atoms with Crippen molar-refractivity contribution in [2.45, 2.75) is 97.6 Å². The fourth-order valence-corrected chi connectivity index (χ4v) is 8.43. The average Bonchev–Trinajstić information content (AvgIpc) is 3.32. The van der Waals surface area contributed by atoms with Gasteiger partial charge < -0.3 is 30.1 Å². The number of aliphatic hydroxyl groups is 2. The summed E-state index contributed by atoms with van der Waals surface area (Å²) in [6.07, 6.45) is 0.870. The lowest BCUT2D eigenvalue weighted by atomic mass is 9.43. The van der Waals surface area contributed by atoms with Crippen molar-refractivity contribution in [2.75, 3.05) is 0 Å². The summed E-state index contributed by atoms with van der Waals surface area (Å²) in [6.45, 7) is 12.0. The molecule has 0 aromatic heterocycles. The van der Waals surface area contributed by atoms with Crippen molar-refractivity contribution in [1.82, 2.24) is 4.90 Å². The predicted octanol–water partition coefficient (Wildman–Crippen LogP) is 3.34. The van der Waals surface area contributed by atoms with Crippen LogP contribution in [0.5, 0.6) is 11.5 Å². The van der Waals surface area contributed by atoms with Gasteiger partial charge in [0.05, 0.1) is 24.3 Å². The van der Waals surface area contributed by atoms with E-state index >= 15 is 0 Å². The summed E-state index contributed by atoms with van der Waals surface area (Å²) in [5.74, 6) is -1.09. The molecule has 4 N–H and O–H groups in total. The van der Waals surface area contributed by atoms with Crippen LogP contribution in [0, 0.1) is 28.6 Å². The second-order valence-electron chi connectivity index (χ2n) is 12.8. The zero-order valence-corrected chi connectivity index (χ0v) is 22.0. The molecule has 0 radical (unpaired) electrons. The first-order valence-electron chi connectivity index (χ1n) is 13.1. The highest BCUT2D eigenvalue weighted by Gasteiger charge is 2.69. The number of fused-ring (bicyclic) bond motifs is 5. The van der Waals surface area contributed by atoms with Gasteiger partial charge in [0.2, 0.25) is 0 Å². The van der Waals surface area contributed by atoms with Crippen LogP contribution in [0.25, 0.3) is 0 Å². The summed E-state index contributed by atoms with van der Waals surface area (Å²) in [4.78, 5) is 26.7. The molecule has 1 amide bonds. The van der Waals surface area contributed by atoms with Crippen LogP contribution in [-0.4, -0.2) is 61.1 Å². The summed E-state index contributed by atoms with van der Waals surface area (Å²) < 4.78 is 6.94.